The van der Waals surface area contributed by atoms with Crippen molar-refractivity contribution in [3.8, 4) is 5.75 Å². The predicted octanol–water partition coefficient (Wildman–Crippen LogP) is 0.979. The Morgan fingerprint density at radius 3 is 2.47 bits per heavy atom. The SMILES string of the molecule is COc1ccc(CS(=O)(=O)NCCCC(=O)O)cc1. The first-order chi connectivity index (χ1) is 8.93. The maximum atomic E-state index is 11.7. The number of rotatable bonds is 8. The van der Waals surface area contributed by atoms with E-state index in [4.69, 9.17) is 9.84 Å². The van der Waals surface area contributed by atoms with Crippen LogP contribution in [0.2, 0.25) is 0 Å². The van der Waals surface area contributed by atoms with Gasteiger partial charge in [-0.05, 0) is 24.1 Å². The largest absolute Gasteiger partial charge is 0.497 e. The summed E-state index contributed by atoms with van der Waals surface area (Å²) in [7, 11) is -1.90. The Balaban J connectivity index is 2.46. The minimum absolute atomic E-state index is 0.0505. The Bertz CT molecular complexity index is 509. The Morgan fingerprint density at radius 2 is 1.95 bits per heavy atom. The van der Waals surface area contributed by atoms with Gasteiger partial charge < -0.3 is 9.84 Å². The minimum atomic E-state index is -3.44. The first-order valence-corrected chi connectivity index (χ1v) is 7.40. The summed E-state index contributed by atoms with van der Waals surface area (Å²) < 4.78 is 30.8. The van der Waals surface area contributed by atoms with Gasteiger partial charge in [-0.25, -0.2) is 13.1 Å². The average molecular weight is 287 g/mol. The first-order valence-electron chi connectivity index (χ1n) is 5.75. The Labute approximate surface area is 112 Å². The van der Waals surface area contributed by atoms with Gasteiger partial charge in [0.15, 0.2) is 0 Å². The molecule has 1 aromatic carbocycles. The van der Waals surface area contributed by atoms with Crippen LogP contribution in [0, 0.1) is 0 Å². The second kappa shape index (κ2) is 7.10. The van der Waals surface area contributed by atoms with Gasteiger partial charge >= 0.3 is 5.97 Å². The number of carboxylic acids is 1. The molecule has 0 aliphatic carbocycles. The molecule has 0 aliphatic heterocycles. The molecule has 6 nitrogen and oxygen atoms in total. The molecule has 0 radical (unpaired) electrons. The third-order valence-electron chi connectivity index (χ3n) is 2.41. The van der Waals surface area contributed by atoms with Gasteiger partial charge in [-0.2, -0.15) is 0 Å². The van der Waals surface area contributed by atoms with E-state index in [2.05, 4.69) is 4.72 Å². The molecule has 0 fully saturated rings. The molecule has 0 bridgehead atoms. The zero-order valence-corrected chi connectivity index (χ0v) is 11.4. The van der Waals surface area contributed by atoms with E-state index in [1.54, 1.807) is 24.3 Å². The van der Waals surface area contributed by atoms with E-state index >= 15 is 0 Å². The Hall–Kier alpha value is -1.60. The standard InChI is InChI=1S/C12H17NO5S/c1-18-11-6-4-10(5-7-11)9-19(16,17)13-8-2-3-12(14)15/h4-7,13H,2-3,8-9H2,1H3,(H,14,15). The van der Waals surface area contributed by atoms with Crippen molar-refractivity contribution < 1.29 is 23.1 Å². The smallest absolute Gasteiger partial charge is 0.303 e. The maximum Gasteiger partial charge on any atom is 0.303 e. The van der Waals surface area contributed by atoms with Gasteiger partial charge in [0, 0.05) is 13.0 Å². The average Bonchev–Trinajstić information content (AvgIpc) is 2.35. The number of aliphatic carboxylic acids is 1. The van der Waals surface area contributed by atoms with Gasteiger partial charge in [0.2, 0.25) is 10.0 Å². The van der Waals surface area contributed by atoms with E-state index in [0.29, 0.717) is 11.3 Å². The van der Waals surface area contributed by atoms with Crippen LogP contribution in [0.25, 0.3) is 0 Å². The number of carboxylic acid groups (broad SMARTS) is 1. The highest BCUT2D eigenvalue weighted by molar-refractivity contribution is 7.88. The molecule has 0 unspecified atom stereocenters. The summed E-state index contributed by atoms with van der Waals surface area (Å²) in [6.07, 6.45) is 0.224. The maximum absolute atomic E-state index is 11.7. The molecule has 0 aromatic heterocycles. The normalized spacial score (nSPS) is 11.2. The fourth-order valence-electron chi connectivity index (χ4n) is 1.46. The van der Waals surface area contributed by atoms with Gasteiger partial charge in [-0.3, -0.25) is 4.79 Å². The second-order valence-corrected chi connectivity index (χ2v) is 5.81. The highest BCUT2D eigenvalue weighted by Crippen LogP contribution is 2.13. The van der Waals surface area contributed by atoms with Gasteiger partial charge in [0.1, 0.15) is 5.75 Å². The first kappa shape index (κ1) is 15.5. The monoisotopic (exact) mass is 287 g/mol. The van der Waals surface area contributed by atoms with Gasteiger partial charge in [0.25, 0.3) is 0 Å². The Morgan fingerprint density at radius 1 is 1.32 bits per heavy atom. The molecule has 0 heterocycles. The van der Waals surface area contributed by atoms with Crippen molar-refractivity contribution in [3.05, 3.63) is 29.8 Å². The predicted molar refractivity (Wildman–Crippen MR) is 70.5 cm³/mol. The lowest BCUT2D eigenvalue weighted by Crippen LogP contribution is -2.26. The van der Waals surface area contributed by atoms with Crippen molar-refractivity contribution in [1.29, 1.82) is 0 Å². The molecular weight excluding hydrogens is 270 g/mol. The Kier molecular flexibility index (Phi) is 5.78. The van der Waals surface area contributed by atoms with Crippen LogP contribution in [0.5, 0.6) is 5.75 Å². The third-order valence-corrected chi connectivity index (χ3v) is 3.76. The number of nitrogens with one attached hydrogen (secondary N) is 1. The van der Waals surface area contributed by atoms with Crippen molar-refractivity contribution in [1.82, 2.24) is 4.72 Å². The summed E-state index contributed by atoms with van der Waals surface area (Å²) in [5.74, 6) is -0.408. The molecule has 106 valence electrons. The van der Waals surface area contributed by atoms with Crippen LogP contribution < -0.4 is 9.46 Å². The molecule has 7 heteroatoms. The zero-order valence-electron chi connectivity index (χ0n) is 10.6. The molecule has 19 heavy (non-hydrogen) atoms. The highest BCUT2D eigenvalue weighted by Gasteiger charge is 2.11. The van der Waals surface area contributed by atoms with Gasteiger partial charge in [-0.1, -0.05) is 12.1 Å². The highest BCUT2D eigenvalue weighted by atomic mass is 32.2. The summed E-state index contributed by atoms with van der Waals surface area (Å²) in [5, 5.41) is 8.44. The summed E-state index contributed by atoms with van der Waals surface area (Å²) in [6, 6.07) is 6.73. The van der Waals surface area contributed by atoms with Gasteiger partial charge in [0.05, 0.1) is 12.9 Å². The van der Waals surface area contributed by atoms with Crippen molar-refractivity contribution in [3.63, 3.8) is 0 Å². The third kappa shape index (κ3) is 6.21. The molecule has 2 N–H and O–H groups in total. The molecule has 0 spiro atoms. The summed E-state index contributed by atoms with van der Waals surface area (Å²) in [6.45, 7) is 0.130. The molecular formula is C12H17NO5S. The molecule has 0 aliphatic rings. The van der Waals surface area contributed by atoms with Crippen LogP contribution in [0.1, 0.15) is 18.4 Å². The van der Waals surface area contributed by atoms with E-state index < -0.39 is 16.0 Å². The number of ether oxygens (including phenoxy) is 1. The number of carbonyl (C=O) groups is 1. The summed E-state index contributed by atoms with van der Waals surface area (Å²) in [5.41, 5.74) is 0.645. The molecule has 0 saturated carbocycles. The van der Waals surface area contributed by atoms with Crippen LogP contribution in [0.3, 0.4) is 0 Å². The van der Waals surface area contributed by atoms with Crippen LogP contribution in [-0.4, -0.2) is 33.1 Å². The lowest BCUT2D eigenvalue weighted by atomic mass is 10.2. The molecule has 0 saturated heterocycles. The molecule has 1 aromatic rings. The van der Waals surface area contributed by atoms with Crippen LogP contribution >= 0.6 is 0 Å². The fraction of sp³-hybridized carbons (Fsp3) is 0.417. The topological polar surface area (TPSA) is 92.7 Å². The zero-order chi connectivity index (χ0) is 14.3. The van der Waals surface area contributed by atoms with E-state index in [-0.39, 0.29) is 25.1 Å². The van der Waals surface area contributed by atoms with Crippen LogP contribution in [0.15, 0.2) is 24.3 Å². The lowest BCUT2D eigenvalue weighted by Gasteiger charge is -2.07. The number of hydrogen-bond acceptors (Lipinski definition) is 4. The molecule has 1 rings (SSSR count). The van der Waals surface area contributed by atoms with Crippen molar-refractivity contribution >= 4 is 16.0 Å². The van der Waals surface area contributed by atoms with E-state index in [1.165, 1.54) is 7.11 Å². The van der Waals surface area contributed by atoms with Crippen LogP contribution in [0.4, 0.5) is 0 Å². The second-order valence-electron chi connectivity index (χ2n) is 4.00. The number of sulfonamides is 1. The molecule has 0 atom stereocenters. The lowest BCUT2D eigenvalue weighted by molar-refractivity contribution is -0.137. The quantitative estimate of drug-likeness (QED) is 0.695. The summed E-state index contributed by atoms with van der Waals surface area (Å²) in [4.78, 5) is 10.3. The fourth-order valence-corrected chi connectivity index (χ4v) is 2.65. The number of methoxy groups -OCH3 is 1. The van der Waals surface area contributed by atoms with Crippen molar-refractivity contribution in [2.75, 3.05) is 13.7 Å². The number of benzene rings is 1. The van der Waals surface area contributed by atoms with E-state index in [0.717, 1.165) is 0 Å². The minimum Gasteiger partial charge on any atom is -0.497 e. The van der Waals surface area contributed by atoms with Crippen LogP contribution in [-0.2, 0) is 20.6 Å². The number of hydrogen-bond donors (Lipinski definition) is 2. The summed E-state index contributed by atoms with van der Waals surface area (Å²) >= 11 is 0. The van der Waals surface area contributed by atoms with Crippen molar-refractivity contribution in [2.24, 2.45) is 0 Å². The van der Waals surface area contributed by atoms with Gasteiger partial charge in [-0.15, -0.1) is 0 Å². The van der Waals surface area contributed by atoms with E-state index in [1.807, 2.05) is 0 Å². The molecule has 0 amide bonds. The van der Waals surface area contributed by atoms with E-state index in [9.17, 15) is 13.2 Å². The van der Waals surface area contributed by atoms with Crippen molar-refractivity contribution in [2.45, 2.75) is 18.6 Å².